The zero-order valence-electron chi connectivity index (χ0n) is 7.79. The molecule has 74 valence electrons. The number of thioether (sulfide) groups is 1. The van der Waals surface area contributed by atoms with Crippen LogP contribution in [-0.2, 0) is 0 Å². The molecular weight excluding hydrogens is 200 g/mol. The molecule has 1 fully saturated rings. The molecule has 0 aromatic carbocycles. The van der Waals surface area contributed by atoms with Gasteiger partial charge in [0.2, 0.25) is 0 Å². The molecule has 0 aromatic rings. The standard InChI is InChI=1S/C9H16N2S2/c1-2-4-8(5-3-1)11-13-9-10-6-7-12-9/h8,11H,1-7H2. The maximum Gasteiger partial charge on any atom is 0.139 e. The summed E-state index contributed by atoms with van der Waals surface area (Å²) in [6, 6.07) is 0.739. The molecule has 0 amide bonds. The molecule has 0 unspecified atom stereocenters. The van der Waals surface area contributed by atoms with Gasteiger partial charge in [-0.3, -0.25) is 9.71 Å². The van der Waals surface area contributed by atoms with Crippen LogP contribution >= 0.6 is 23.7 Å². The topological polar surface area (TPSA) is 24.4 Å². The zero-order chi connectivity index (χ0) is 8.93. The molecule has 0 saturated heterocycles. The molecule has 2 nitrogen and oxygen atoms in total. The molecule has 2 aliphatic rings. The molecule has 1 heterocycles. The predicted octanol–water partition coefficient (Wildman–Crippen LogP) is 2.66. The Morgan fingerprint density at radius 2 is 2.15 bits per heavy atom. The summed E-state index contributed by atoms with van der Waals surface area (Å²) in [5, 5.41) is 0. The summed E-state index contributed by atoms with van der Waals surface area (Å²) in [7, 11) is 0. The first-order chi connectivity index (χ1) is 6.45. The van der Waals surface area contributed by atoms with Crippen LogP contribution in [0.4, 0.5) is 0 Å². The lowest BCUT2D eigenvalue weighted by molar-refractivity contribution is 0.424. The molecule has 2 rings (SSSR count). The van der Waals surface area contributed by atoms with Gasteiger partial charge in [0.1, 0.15) is 4.38 Å². The van der Waals surface area contributed by atoms with Crippen LogP contribution in [0.15, 0.2) is 4.99 Å². The van der Waals surface area contributed by atoms with Crippen LogP contribution in [0.1, 0.15) is 32.1 Å². The third kappa shape index (κ3) is 3.18. The van der Waals surface area contributed by atoms with E-state index in [1.807, 2.05) is 11.8 Å². The van der Waals surface area contributed by atoms with Gasteiger partial charge in [0.05, 0.1) is 6.54 Å². The minimum absolute atomic E-state index is 0.739. The molecule has 0 radical (unpaired) electrons. The highest BCUT2D eigenvalue weighted by molar-refractivity contribution is 8.38. The number of nitrogens with zero attached hydrogens (tertiary/aromatic N) is 1. The van der Waals surface area contributed by atoms with Crippen LogP contribution in [0.3, 0.4) is 0 Å². The van der Waals surface area contributed by atoms with E-state index >= 15 is 0 Å². The summed E-state index contributed by atoms with van der Waals surface area (Å²) in [5.41, 5.74) is 0. The summed E-state index contributed by atoms with van der Waals surface area (Å²) >= 11 is 3.63. The first kappa shape index (κ1) is 9.87. The van der Waals surface area contributed by atoms with Crippen molar-refractivity contribution in [2.45, 2.75) is 38.1 Å². The highest BCUT2D eigenvalue weighted by Crippen LogP contribution is 2.24. The second kappa shape index (κ2) is 5.27. The summed E-state index contributed by atoms with van der Waals surface area (Å²) in [6.07, 6.45) is 6.93. The van der Waals surface area contributed by atoms with Crippen molar-refractivity contribution in [3.63, 3.8) is 0 Å². The fourth-order valence-corrected chi connectivity index (χ4v) is 3.56. The zero-order valence-corrected chi connectivity index (χ0v) is 9.42. The number of hydrogen-bond acceptors (Lipinski definition) is 4. The molecule has 1 aliphatic carbocycles. The molecule has 0 aromatic heterocycles. The first-order valence-corrected chi connectivity index (χ1v) is 6.85. The van der Waals surface area contributed by atoms with Gasteiger partial charge in [-0.25, -0.2) is 0 Å². The van der Waals surface area contributed by atoms with E-state index in [1.165, 1.54) is 42.2 Å². The van der Waals surface area contributed by atoms with Crippen LogP contribution in [0.2, 0.25) is 0 Å². The molecule has 1 aliphatic heterocycles. The van der Waals surface area contributed by atoms with Gasteiger partial charge in [0.15, 0.2) is 0 Å². The lowest BCUT2D eigenvalue weighted by Crippen LogP contribution is -2.26. The van der Waals surface area contributed by atoms with E-state index < -0.39 is 0 Å². The van der Waals surface area contributed by atoms with Crippen molar-refractivity contribution in [2.75, 3.05) is 12.3 Å². The quantitative estimate of drug-likeness (QED) is 0.718. The predicted molar refractivity (Wildman–Crippen MR) is 62.4 cm³/mol. The van der Waals surface area contributed by atoms with E-state index in [2.05, 4.69) is 9.71 Å². The fraction of sp³-hybridized carbons (Fsp3) is 0.889. The number of nitrogens with one attached hydrogen (secondary N) is 1. The Bertz CT molecular complexity index is 188. The number of rotatable bonds is 2. The average molecular weight is 216 g/mol. The summed E-state index contributed by atoms with van der Waals surface area (Å²) in [4.78, 5) is 4.40. The minimum atomic E-state index is 0.739. The highest BCUT2D eigenvalue weighted by Gasteiger charge is 2.15. The normalized spacial score (nSPS) is 24.8. The molecule has 13 heavy (non-hydrogen) atoms. The maximum absolute atomic E-state index is 4.40. The Morgan fingerprint density at radius 1 is 1.31 bits per heavy atom. The van der Waals surface area contributed by atoms with Gasteiger partial charge < -0.3 is 0 Å². The van der Waals surface area contributed by atoms with Gasteiger partial charge >= 0.3 is 0 Å². The van der Waals surface area contributed by atoms with Crippen molar-refractivity contribution in [3.05, 3.63) is 0 Å². The highest BCUT2D eigenvalue weighted by atomic mass is 32.2. The van der Waals surface area contributed by atoms with Crippen LogP contribution < -0.4 is 4.72 Å². The van der Waals surface area contributed by atoms with Crippen molar-refractivity contribution in [1.29, 1.82) is 0 Å². The minimum Gasteiger partial charge on any atom is -0.270 e. The Balaban J connectivity index is 1.66. The Morgan fingerprint density at radius 3 is 2.85 bits per heavy atom. The van der Waals surface area contributed by atoms with Crippen molar-refractivity contribution in [2.24, 2.45) is 4.99 Å². The van der Waals surface area contributed by atoms with Gasteiger partial charge in [-0.2, -0.15) is 0 Å². The smallest absolute Gasteiger partial charge is 0.139 e. The molecule has 0 spiro atoms. The van der Waals surface area contributed by atoms with E-state index in [-0.39, 0.29) is 0 Å². The average Bonchev–Trinajstić information content (AvgIpc) is 2.69. The van der Waals surface area contributed by atoms with Gasteiger partial charge in [0, 0.05) is 11.8 Å². The first-order valence-electron chi connectivity index (χ1n) is 5.05. The van der Waals surface area contributed by atoms with Crippen LogP contribution in [-0.4, -0.2) is 22.7 Å². The van der Waals surface area contributed by atoms with Crippen molar-refractivity contribution < 1.29 is 0 Å². The van der Waals surface area contributed by atoms with E-state index in [1.54, 1.807) is 11.9 Å². The van der Waals surface area contributed by atoms with Crippen molar-refractivity contribution in [3.8, 4) is 0 Å². The largest absolute Gasteiger partial charge is 0.270 e. The molecule has 0 atom stereocenters. The second-order valence-corrected chi connectivity index (χ2v) is 5.72. The van der Waals surface area contributed by atoms with Crippen LogP contribution in [0.25, 0.3) is 0 Å². The van der Waals surface area contributed by atoms with Gasteiger partial charge in [0.25, 0.3) is 0 Å². The van der Waals surface area contributed by atoms with Crippen LogP contribution in [0.5, 0.6) is 0 Å². The van der Waals surface area contributed by atoms with Gasteiger partial charge in [-0.05, 0) is 24.8 Å². The van der Waals surface area contributed by atoms with Gasteiger partial charge in [-0.1, -0.05) is 31.0 Å². The third-order valence-corrected chi connectivity index (χ3v) is 4.60. The van der Waals surface area contributed by atoms with Crippen molar-refractivity contribution >= 4 is 28.1 Å². The summed E-state index contributed by atoms with van der Waals surface area (Å²) < 4.78 is 4.77. The third-order valence-electron chi connectivity index (χ3n) is 2.48. The van der Waals surface area contributed by atoms with Crippen LogP contribution in [0, 0.1) is 0 Å². The maximum atomic E-state index is 4.40. The lowest BCUT2D eigenvalue weighted by atomic mass is 9.96. The van der Waals surface area contributed by atoms with Crippen molar-refractivity contribution in [1.82, 2.24) is 4.72 Å². The molecule has 0 bridgehead atoms. The molecular formula is C9H16N2S2. The number of hydrogen-bond donors (Lipinski definition) is 1. The number of aliphatic imine (C=N–C) groups is 1. The lowest BCUT2D eigenvalue weighted by Gasteiger charge is -2.21. The Labute approximate surface area is 88.5 Å². The molecule has 1 N–H and O–H groups in total. The van der Waals surface area contributed by atoms with E-state index in [9.17, 15) is 0 Å². The molecule has 1 saturated carbocycles. The fourth-order valence-electron chi connectivity index (χ4n) is 1.73. The monoisotopic (exact) mass is 216 g/mol. The summed E-state index contributed by atoms with van der Waals surface area (Å²) in [6.45, 7) is 1.01. The Kier molecular flexibility index (Phi) is 4.00. The summed E-state index contributed by atoms with van der Waals surface area (Å²) in [5.74, 6) is 1.18. The van der Waals surface area contributed by atoms with E-state index in [4.69, 9.17) is 0 Å². The van der Waals surface area contributed by atoms with Gasteiger partial charge in [-0.15, -0.1) is 0 Å². The Hall–Kier alpha value is 0.330. The SMILES string of the molecule is C1CCC(NSC2=NCCS2)CC1. The second-order valence-electron chi connectivity index (χ2n) is 3.55. The van der Waals surface area contributed by atoms with E-state index in [0.717, 1.165) is 12.6 Å². The molecule has 4 heteroatoms. The van der Waals surface area contributed by atoms with E-state index in [0.29, 0.717) is 0 Å².